The van der Waals surface area contributed by atoms with E-state index in [-0.39, 0.29) is 0 Å². The molecule has 0 aliphatic heterocycles. The van der Waals surface area contributed by atoms with E-state index in [4.69, 9.17) is 11.6 Å². The predicted octanol–water partition coefficient (Wildman–Crippen LogP) is 5.20. The van der Waals surface area contributed by atoms with Crippen LogP contribution in [-0.4, -0.2) is 24.5 Å². The molecular formula is C21H15ClN6S. The van der Waals surface area contributed by atoms with Crippen molar-refractivity contribution in [2.75, 3.05) is 5.32 Å². The Morgan fingerprint density at radius 3 is 2.69 bits per heavy atom. The minimum atomic E-state index is 0.623. The molecule has 142 valence electrons. The van der Waals surface area contributed by atoms with Crippen LogP contribution in [0.15, 0.2) is 73.7 Å². The highest BCUT2D eigenvalue weighted by atomic mass is 35.5. The van der Waals surface area contributed by atoms with Crippen LogP contribution in [0.4, 0.5) is 5.82 Å². The third-order valence-corrected chi connectivity index (χ3v) is 5.91. The van der Waals surface area contributed by atoms with Crippen molar-refractivity contribution in [1.82, 2.24) is 24.5 Å². The number of nitrogens with one attached hydrogen (secondary N) is 1. The quantitative estimate of drug-likeness (QED) is 0.424. The fourth-order valence-corrected chi connectivity index (χ4v) is 4.20. The number of aromatic nitrogens is 5. The summed E-state index contributed by atoms with van der Waals surface area (Å²) < 4.78 is 2.90. The van der Waals surface area contributed by atoms with E-state index in [0.29, 0.717) is 6.54 Å². The van der Waals surface area contributed by atoms with Gasteiger partial charge in [0.15, 0.2) is 0 Å². The monoisotopic (exact) mass is 418 g/mol. The largest absolute Gasteiger partial charge is 0.365 e. The van der Waals surface area contributed by atoms with Gasteiger partial charge in [0.1, 0.15) is 24.3 Å². The first kappa shape index (κ1) is 17.8. The summed E-state index contributed by atoms with van der Waals surface area (Å²) >= 11 is 7.66. The highest BCUT2D eigenvalue weighted by Gasteiger charge is 2.10. The number of hydrogen-bond acceptors (Lipinski definition) is 6. The van der Waals surface area contributed by atoms with Crippen molar-refractivity contribution in [2.24, 2.45) is 0 Å². The van der Waals surface area contributed by atoms with Gasteiger partial charge < -0.3 is 5.32 Å². The lowest BCUT2D eigenvalue weighted by atomic mass is 10.2. The number of hydrogen-bond donors (Lipinski definition) is 1. The van der Waals surface area contributed by atoms with E-state index in [1.807, 2.05) is 53.4 Å². The van der Waals surface area contributed by atoms with Crippen molar-refractivity contribution in [3.63, 3.8) is 0 Å². The van der Waals surface area contributed by atoms with Gasteiger partial charge in [-0.3, -0.25) is 4.57 Å². The maximum absolute atomic E-state index is 6.00. The lowest BCUT2D eigenvalue weighted by Crippen LogP contribution is -2.03. The molecule has 0 fully saturated rings. The molecule has 5 rings (SSSR count). The summed E-state index contributed by atoms with van der Waals surface area (Å²) in [5, 5.41) is 4.14. The molecular weight excluding hydrogens is 404 g/mol. The van der Waals surface area contributed by atoms with Gasteiger partial charge in [-0.15, -0.1) is 11.3 Å². The molecule has 0 unspecified atom stereocenters. The number of benzene rings is 1. The van der Waals surface area contributed by atoms with Crippen LogP contribution in [0.2, 0.25) is 5.02 Å². The first-order valence-electron chi connectivity index (χ1n) is 8.94. The zero-order valence-corrected chi connectivity index (χ0v) is 16.7. The molecule has 4 heterocycles. The SMILES string of the molecule is Clc1ccc(-c2cc3ncnc(NCc4ccc(-n5ccnc5)nc4)c3s2)cc1. The van der Waals surface area contributed by atoms with E-state index in [1.54, 1.807) is 30.2 Å². The molecule has 29 heavy (non-hydrogen) atoms. The number of fused-ring (bicyclic) bond motifs is 1. The summed E-state index contributed by atoms with van der Waals surface area (Å²) in [4.78, 5) is 18.5. The zero-order chi connectivity index (χ0) is 19.6. The van der Waals surface area contributed by atoms with Gasteiger partial charge in [0, 0.05) is 35.0 Å². The van der Waals surface area contributed by atoms with E-state index in [9.17, 15) is 0 Å². The van der Waals surface area contributed by atoms with Crippen LogP contribution in [0, 0.1) is 0 Å². The molecule has 6 nitrogen and oxygen atoms in total. The Balaban J connectivity index is 1.37. The van der Waals surface area contributed by atoms with Crippen molar-refractivity contribution in [3.8, 4) is 16.3 Å². The smallest absolute Gasteiger partial charge is 0.147 e. The highest BCUT2D eigenvalue weighted by molar-refractivity contribution is 7.22. The molecule has 0 amide bonds. The third kappa shape index (κ3) is 3.70. The second-order valence-corrected chi connectivity index (χ2v) is 7.89. The molecule has 0 saturated heterocycles. The second kappa shape index (κ2) is 7.62. The Labute approximate surface area is 175 Å². The Hall–Kier alpha value is -3.29. The van der Waals surface area contributed by atoms with Crippen LogP contribution in [0.25, 0.3) is 26.5 Å². The van der Waals surface area contributed by atoms with Gasteiger partial charge >= 0.3 is 0 Å². The van der Waals surface area contributed by atoms with E-state index >= 15 is 0 Å². The van der Waals surface area contributed by atoms with E-state index in [1.165, 1.54) is 0 Å². The van der Waals surface area contributed by atoms with Crippen molar-refractivity contribution in [2.45, 2.75) is 6.54 Å². The zero-order valence-electron chi connectivity index (χ0n) is 15.2. The van der Waals surface area contributed by atoms with Crippen LogP contribution >= 0.6 is 22.9 Å². The molecule has 0 radical (unpaired) electrons. The summed E-state index contributed by atoms with van der Waals surface area (Å²) in [5.74, 6) is 1.65. The predicted molar refractivity (Wildman–Crippen MR) is 117 cm³/mol. The Morgan fingerprint density at radius 1 is 1.03 bits per heavy atom. The Morgan fingerprint density at radius 2 is 1.93 bits per heavy atom. The Bertz CT molecular complexity index is 1250. The van der Waals surface area contributed by atoms with Crippen molar-refractivity contribution >= 4 is 39.0 Å². The van der Waals surface area contributed by atoms with Crippen molar-refractivity contribution in [3.05, 3.63) is 84.3 Å². The van der Waals surface area contributed by atoms with Gasteiger partial charge in [-0.05, 0) is 35.4 Å². The number of anilines is 1. The minimum absolute atomic E-state index is 0.623. The summed E-state index contributed by atoms with van der Waals surface area (Å²) in [5.41, 5.74) is 3.10. The number of rotatable bonds is 5. The number of thiophene rings is 1. The molecule has 0 bridgehead atoms. The van der Waals surface area contributed by atoms with Gasteiger partial charge in [-0.2, -0.15) is 0 Å². The highest BCUT2D eigenvalue weighted by Crippen LogP contribution is 2.36. The fourth-order valence-electron chi connectivity index (χ4n) is 2.99. The van der Waals surface area contributed by atoms with Crippen LogP contribution in [0.1, 0.15) is 5.56 Å². The van der Waals surface area contributed by atoms with Crippen LogP contribution in [0.3, 0.4) is 0 Å². The molecule has 0 aliphatic carbocycles. The first-order valence-corrected chi connectivity index (χ1v) is 10.1. The van der Waals surface area contributed by atoms with Crippen LogP contribution in [0.5, 0.6) is 0 Å². The van der Waals surface area contributed by atoms with E-state index < -0.39 is 0 Å². The molecule has 0 aliphatic rings. The molecule has 1 aromatic carbocycles. The summed E-state index contributed by atoms with van der Waals surface area (Å²) in [6.07, 6.45) is 8.77. The maximum Gasteiger partial charge on any atom is 0.147 e. The van der Waals surface area contributed by atoms with Crippen molar-refractivity contribution < 1.29 is 0 Å². The molecule has 0 atom stereocenters. The number of imidazole rings is 1. The number of halogens is 1. The van der Waals surface area contributed by atoms with Gasteiger partial charge in [0.2, 0.25) is 0 Å². The first-order chi connectivity index (χ1) is 14.3. The molecule has 1 N–H and O–H groups in total. The van der Waals surface area contributed by atoms with Crippen LogP contribution < -0.4 is 5.32 Å². The van der Waals surface area contributed by atoms with E-state index in [0.717, 1.165) is 42.9 Å². The molecule has 0 saturated carbocycles. The average molecular weight is 419 g/mol. The second-order valence-electron chi connectivity index (χ2n) is 6.40. The van der Waals surface area contributed by atoms with Crippen molar-refractivity contribution in [1.29, 1.82) is 0 Å². The normalized spacial score (nSPS) is 11.1. The Kier molecular flexibility index (Phi) is 4.67. The van der Waals surface area contributed by atoms with E-state index in [2.05, 4.69) is 31.3 Å². The topological polar surface area (TPSA) is 68.5 Å². The standard InChI is InChI=1S/C21H15ClN6S/c22-16-4-2-15(3-5-16)18-9-17-20(29-18)21(27-12-26-17)25-11-14-1-6-19(24-10-14)28-8-7-23-13-28/h1-10,12-13H,11H2,(H,25,26,27). The lowest BCUT2D eigenvalue weighted by molar-refractivity contribution is 0.977. The molecule has 4 aromatic heterocycles. The summed E-state index contributed by atoms with van der Waals surface area (Å²) in [6.45, 7) is 0.623. The molecule has 0 spiro atoms. The van der Waals surface area contributed by atoms with Gasteiger partial charge in [-0.1, -0.05) is 29.8 Å². The lowest BCUT2D eigenvalue weighted by Gasteiger charge is -2.07. The molecule has 5 aromatic rings. The molecule has 8 heteroatoms. The number of pyridine rings is 1. The third-order valence-electron chi connectivity index (χ3n) is 4.48. The average Bonchev–Trinajstić information content (AvgIpc) is 3.43. The van der Waals surface area contributed by atoms with Gasteiger partial charge in [0.25, 0.3) is 0 Å². The van der Waals surface area contributed by atoms with Crippen LogP contribution in [-0.2, 0) is 6.54 Å². The minimum Gasteiger partial charge on any atom is -0.365 e. The van der Waals surface area contributed by atoms with Gasteiger partial charge in [-0.25, -0.2) is 19.9 Å². The summed E-state index contributed by atoms with van der Waals surface area (Å²) in [6, 6.07) is 13.9. The summed E-state index contributed by atoms with van der Waals surface area (Å²) in [7, 11) is 0. The van der Waals surface area contributed by atoms with Gasteiger partial charge in [0.05, 0.1) is 10.2 Å². The number of nitrogens with zero attached hydrogens (tertiary/aromatic N) is 5. The maximum atomic E-state index is 6.00. The fraction of sp³-hybridized carbons (Fsp3) is 0.0476.